The van der Waals surface area contributed by atoms with Gasteiger partial charge < -0.3 is 294 Å². The van der Waals surface area contributed by atoms with Crippen LogP contribution in [0.3, 0.4) is 0 Å². The average molecular weight is 2140 g/mol. The van der Waals surface area contributed by atoms with E-state index < -0.39 is 464 Å². The molecule has 36 N–H and O–H groups in total. The lowest BCUT2D eigenvalue weighted by Gasteiger charge is -2.51. The molecule has 0 unspecified atom stereocenters. The number of hydrogen-bond acceptors (Lipinski definition) is 59. The van der Waals surface area contributed by atoms with Crippen LogP contribution in [0, 0.1) is 0 Å². The van der Waals surface area contributed by atoms with Gasteiger partial charge in [0.1, 0.15) is 280 Å². The maximum atomic E-state index is 13.5. The number of aliphatic hydroxyl groups excluding tert-OH is 31. The van der Waals surface area contributed by atoms with Gasteiger partial charge in [0.2, 0.25) is 29.5 Å². The summed E-state index contributed by atoms with van der Waals surface area (Å²) in [5.41, 5.74) is 0. The van der Waals surface area contributed by atoms with Crippen molar-refractivity contribution in [1.82, 2.24) is 26.6 Å². The van der Waals surface area contributed by atoms with Crippen molar-refractivity contribution in [2.75, 3.05) is 66.1 Å². The van der Waals surface area contributed by atoms with Crippen LogP contribution in [0.25, 0.3) is 0 Å². The second kappa shape index (κ2) is 52.2. The first-order chi connectivity index (χ1) is 69.0. The zero-order valence-electron chi connectivity index (χ0n) is 79.0. The van der Waals surface area contributed by atoms with Gasteiger partial charge >= 0.3 is 0 Å². The van der Waals surface area contributed by atoms with Gasteiger partial charge in [0.25, 0.3) is 0 Å². The van der Waals surface area contributed by atoms with Gasteiger partial charge in [-0.05, 0) is 13.8 Å². The van der Waals surface area contributed by atoms with Crippen LogP contribution in [0.1, 0.15) is 48.5 Å². The predicted octanol–water partition coefficient (Wildman–Crippen LogP) is -24.4. The Labute approximate surface area is 827 Å². The Kier molecular flexibility index (Phi) is 42.8. The highest BCUT2D eigenvalue weighted by molar-refractivity contribution is 5.75. The molecule has 0 aliphatic carbocycles. The maximum Gasteiger partial charge on any atom is 0.217 e. The third-order valence-corrected chi connectivity index (χ3v) is 27.0. The molecule has 0 saturated carbocycles. The number of carbonyl (C=O) groups excluding carboxylic acids is 5. The normalized spacial score (nSPS) is 49.8. The molecule has 12 aliphatic heterocycles. The number of rotatable bonds is 37. The SMILES string of the molecule is CC(=O)N[C@@H]1[C@H](O[C@@H]2[C@@H](O[C@@H]3[C@H](O)[C@H](O[C@H]4[C@H](O)[C@@H](NC(C)=O)[C@H](O[C@H]5[C@H](O)[C@@H](NC(C)=O)[C@@H](O)O[C@@H]5CO[C@H]5O[C@H](C)[C@H](O)[C@H](O)[C@H]5O)O[C@@H]4CO)O[C@H](CO[C@H]4O[C@H](CO)[C@@H](O)[C@H](O)[C@@H]4O[C@@H]4O[C@H](CO)[C@@H](O[C@@H]5O[C@H](CO)[C@H](O)[C@H](O[C@H]6O[C@H](CO)[C@H](O)[C@H](O)[C@H]6NC(C)=O)[C@H]5O[C@H]5O[C@H](C)[C@H](O)[C@H](O)[C@H]5O)[C@H](O)[C@H]4NC(C)=O)[C@H]3O)O[C@H](CO)[C@@H](O)[C@@H]2O)O[C@H](CO)[C@@H](O[C@@H]2O[C@H](CO)[C@H](O)[C@H](O)[C@H]2O)[C@@H]1O. The fraction of sp³-hybridized carbons (Fsp3) is 0.939. The van der Waals surface area contributed by atoms with Gasteiger partial charge in [-0.1, -0.05) is 0 Å². The van der Waals surface area contributed by atoms with Crippen LogP contribution in [0.5, 0.6) is 0 Å². The van der Waals surface area contributed by atoms with E-state index in [0.717, 1.165) is 34.6 Å². The van der Waals surface area contributed by atoms with Crippen LogP contribution >= 0.6 is 0 Å². The fourth-order valence-corrected chi connectivity index (χ4v) is 19.1. The first-order valence-corrected chi connectivity index (χ1v) is 46.9. The summed E-state index contributed by atoms with van der Waals surface area (Å²) < 4.78 is 139. The highest BCUT2D eigenvalue weighted by Crippen LogP contribution is 2.43. The number of aliphatic hydroxyl groups is 31. The van der Waals surface area contributed by atoms with Crippen molar-refractivity contribution in [1.29, 1.82) is 0 Å². The first kappa shape index (κ1) is 120. The van der Waals surface area contributed by atoms with Crippen molar-refractivity contribution < 1.29 is 291 Å². The van der Waals surface area contributed by atoms with Crippen molar-refractivity contribution in [2.24, 2.45) is 0 Å². The highest BCUT2D eigenvalue weighted by atomic mass is 16.8. The van der Waals surface area contributed by atoms with Gasteiger partial charge in [-0.2, -0.15) is 0 Å². The Morgan fingerprint density at radius 1 is 0.192 bits per heavy atom. The monoisotopic (exact) mass is 2140 g/mol. The smallest absolute Gasteiger partial charge is 0.217 e. The van der Waals surface area contributed by atoms with E-state index in [4.69, 9.17) is 109 Å². The Bertz CT molecular complexity index is 4090. The molecule has 844 valence electrons. The molecule has 0 aromatic carbocycles. The molecule has 0 bridgehead atoms. The van der Waals surface area contributed by atoms with E-state index in [9.17, 15) is 182 Å². The van der Waals surface area contributed by atoms with E-state index >= 15 is 0 Å². The topological polar surface area (TPSA) is 985 Å². The van der Waals surface area contributed by atoms with E-state index in [0.29, 0.717) is 0 Å². The van der Waals surface area contributed by atoms with E-state index in [1.54, 1.807) is 0 Å². The summed E-state index contributed by atoms with van der Waals surface area (Å²) in [5, 5.41) is 364. The lowest BCUT2D eigenvalue weighted by Crippen LogP contribution is -2.71. The number of nitrogens with one attached hydrogen (secondary N) is 5. The second-order valence-electron chi connectivity index (χ2n) is 37.3. The predicted molar refractivity (Wildman–Crippen MR) is 450 cm³/mol. The standard InChI is InChI=1S/C82H137N5O59/c1-18-40(101)53(114)58(119)76(126-18)124-17-34-65(49(110)35(71(123)128-34)83-20(3)96)138-73-37(85-22(5)98)50(111)63(31(14-94)134-73)140-79-61(122)66(142-81-69(57(118)45(106)28(11-91)132-81)145-75-38(86-23(6)99)51(112)62(30(13-93)135-75)139-78-60(121)55(116)43(104)26(9-89)130-78)47(108)33(137-79)16-125-80-68(56(117)44(105)27(10-90)131-80)144-74-39(87-24(7)100)52(113)64(32(15-95)136-74)141-82-70(146-77-59(120)54(115)41(102)19(2)127-77)67(46(107)29(12-92)133-82)143-72-36(84-21(4)97)48(109)42(103)25(8-88)129-72/h18-19,25-82,88-95,101-123H,8-17H2,1-7H3,(H,83,96)(H,84,97)(H,85,98)(H,86,99)(H,87,100)/t18-,19-,25-,26-,27-,28-,29-,30-,31-,32-,33-,34-,35-,36-,37-,38+,39-,40+,41+,42+,43+,44-,45-,46+,47-,48-,49-,50-,51-,52-,53+,54+,55+,56+,57+,58-,59-,60-,61+,62-,63-,64-,65-,66+,67+,68+,69+,70-,71+,72-,73+,74+,75+,76+,77-,78+,79+,80+,81-,82+/m1/s1. The molecule has 0 aromatic heterocycles. The highest BCUT2D eigenvalue weighted by Gasteiger charge is 2.64. The third kappa shape index (κ3) is 26.4. The summed E-state index contributed by atoms with van der Waals surface area (Å²) in [7, 11) is 0. The van der Waals surface area contributed by atoms with Gasteiger partial charge in [-0.15, -0.1) is 0 Å². The van der Waals surface area contributed by atoms with Crippen molar-refractivity contribution in [2.45, 2.75) is 417 Å². The van der Waals surface area contributed by atoms with Crippen molar-refractivity contribution in [3.05, 3.63) is 0 Å². The molecule has 12 heterocycles. The molecule has 60 atom stereocenters. The summed E-state index contributed by atoms with van der Waals surface area (Å²) in [6.45, 7) is -4.60. The van der Waals surface area contributed by atoms with E-state index in [1.165, 1.54) is 13.8 Å². The van der Waals surface area contributed by atoms with Crippen LogP contribution in [0.15, 0.2) is 0 Å². The van der Waals surface area contributed by atoms with Crippen LogP contribution in [0.4, 0.5) is 0 Å². The Hall–Kier alpha value is -4.81. The maximum absolute atomic E-state index is 13.5. The van der Waals surface area contributed by atoms with E-state index in [-0.39, 0.29) is 0 Å². The second-order valence-corrected chi connectivity index (χ2v) is 37.3. The first-order valence-electron chi connectivity index (χ1n) is 46.9. The van der Waals surface area contributed by atoms with Crippen LogP contribution < -0.4 is 26.6 Å². The van der Waals surface area contributed by atoms with Gasteiger partial charge in [-0.25, -0.2) is 0 Å². The number of ether oxygens (including phenoxy) is 23. The zero-order valence-corrected chi connectivity index (χ0v) is 79.0. The Morgan fingerprint density at radius 3 is 0.863 bits per heavy atom. The van der Waals surface area contributed by atoms with E-state index in [2.05, 4.69) is 26.6 Å². The lowest BCUT2D eigenvalue weighted by molar-refractivity contribution is -0.404. The van der Waals surface area contributed by atoms with Gasteiger partial charge in [0.05, 0.1) is 78.3 Å². The van der Waals surface area contributed by atoms with Crippen LogP contribution in [-0.4, -0.2) is 622 Å². The molecule has 12 aliphatic rings. The van der Waals surface area contributed by atoms with Gasteiger partial charge in [-0.3, -0.25) is 24.0 Å². The summed E-state index contributed by atoms with van der Waals surface area (Å²) in [5.74, 6) is -4.85. The molecule has 12 fully saturated rings. The molecule has 0 radical (unpaired) electrons. The zero-order chi connectivity index (χ0) is 107. The van der Waals surface area contributed by atoms with Gasteiger partial charge in [0, 0.05) is 34.6 Å². The summed E-state index contributed by atoms with van der Waals surface area (Å²) in [6.07, 6.45) is -117. The number of carbonyl (C=O) groups is 5. The molecule has 146 heavy (non-hydrogen) atoms. The van der Waals surface area contributed by atoms with Crippen LogP contribution in [-0.2, 0) is 133 Å². The molecular formula is C82H137N5O59. The van der Waals surface area contributed by atoms with Crippen molar-refractivity contribution >= 4 is 29.5 Å². The minimum absolute atomic E-state index is 0.872. The average Bonchev–Trinajstić information content (AvgIpc) is 0.847. The van der Waals surface area contributed by atoms with Crippen molar-refractivity contribution in [3.63, 3.8) is 0 Å². The Morgan fingerprint density at radius 2 is 0.438 bits per heavy atom. The molecule has 64 heteroatoms. The number of amides is 5. The minimum Gasteiger partial charge on any atom is -0.394 e. The molecule has 5 amide bonds. The van der Waals surface area contributed by atoms with Gasteiger partial charge in [0.15, 0.2) is 75.5 Å². The fourth-order valence-electron chi connectivity index (χ4n) is 19.1. The van der Waals surface area contributed by atoms with Crippen molar-refractivity contribution in [3.8, 4) is 0 Å². The molecule has 12 saturated heterocycles. The largest absolute Gasteiger partial charge is 0.394 e. The summed E-state index contributed by atoms with van der Waals surface area (Å²) in [4.78, 5) is 65.2. The van der Waals surface area contributed by atoms with Crippen LogP contribution in [0.2, 0.25) is 0 Å². The lowest BCUT2D eigenvalue weighted by atomic mass is 9.93. The van der Waals surface area contributed by atoms with E-state index in [1.807, 2.05) is 0 Å². The third-order valence-electron chi connectivity index (χ3n) is 27.0. The summed E-state index contributed by atoms with van der Waals surface area (Å²) in [6, 6.07) is -9.85. The molecule has 12 rings (SSSR count). The summed E-state index contributed by atoms with van der Waals surface area (Å²) >= 11 is 0. The molecule has 64 nitrogen and oxygen atoms in total. The minimum atomic E-state index is -2.70. The Balaban J connectivity index is 0.875. The molecular weight excluding hydrogens is 2000 g/mol. The molecule has 0 spiro atoms. The quantitative estimate of drug-likeness (QED) is 0.0275. The molecule has 0 aromatic rings. The number of hydrogen-bond donors (Lipinski definition) is 36.